The summed E-state index contributed by atoms with van der Waals surface area (Å²) < 4.78 is 26.1. The third-order valence-electron chi connectivity index (χ3n) is 3.64. The van der Waals surface area contributed by atoms with Gasteiger partial charge in [0.15, 0.2) is 0 Å². The minimum atomic E-state index is -0.540. The third-order valence-corrected chi connectivity index (χ3v) is 3.64. The molecule has 0 unspecified atom stereocenters. The minimum Gasteiger partial charge on any atom is -0.382 e. The molecule has 1 N–H and O–H groups in total. The van der Waals surface area contributed by atoms with Gasteiger partial charge in [-0.2, -0.15) is 0 Å². The van der Waals surface area contributed by atoms with Gasteiger partial charge in [-0.05, 0) is 36.5 Å². The Morgan fingerprint density at radius 1 is 0.895 bits per heavy atom. The van der Waals surface area contributed by atoms with E-state index in [-0.39, 0.29) is 0 Å². The van der Waals surface area contributed by atoms with E-state index in [9.17, 15) is 8.78 Å². The van der Waals surface area contributed by atoms with E-state index in [0.29, 0.717) is 17.6 Å². The summed E-state index contributed by atoms with van der Waals surface area (Å²) in [7, 11) is 0. The number of anilines is 1. The molecule has 3 rings (SSSR count). The second kappa shape index (κ2) is 5.00. The lowest BCUT2D eigenvalue weighted by molar-refractivity contribution is 0.374. The van der Waals surface area contributed by atoms with Crippen LogP contribution in [0.1, 0.15) is 24.3 Å². The molecule has 0 bridgehead atoms. The molecule has 1 saturated carbocycles. The van der Waals surface area contributed by atoms with Gasteiger partial charge in [-0.15, -0.1) is 0 Å². The van der Waals surface area contributed by atoms with Crippen LogP contribution in [0.5, 0.6) is 0 Å². The van der Waals surface area contributed by atoms with Crippen LogP contribution in [0.4, 0.5) is 14.5 Å². The van der Waals surface area contributed by atoms with Gasteiger partial charge in [-0.1, -0.05) is 30.3 Å². The highest BCUT2D eigenvalue weighted by molar-refractivity contribution is 5.45. The van der Waals surface area contributed by atoms with Crippen molar-refractivity contribution in [3.05, 3.63) is 65.7 Å². The SMILES string of the molecule is Fc1cc(F)cc(NC2CC(c3ccccc3)C2)c1. The fourth-order valence-corrected chi connectivity index (χ4v) is 2.61. The monoisotopic (exact) mass is 259 g/mol. The zero-order valence-electron chi connectivity index (χ0n) is 10.4. The van der Waals surface area contributed by atoms with Crippen LogP contribution in [0.3, 0.4) is 0 Å². The fraction of sp³-hybridized carbons (Fsp3) is 0.250. The summed E-state index contributed by atoms with van der Waals surface area (Å²) in [5.74, 6) is -0.528. The highest BCUT2D eigenvalue weighted by Gasteiger charge is 2.30. The second-order valence-electron chi connectivity index (χ2n) is 5.08. The van der Waals surface area contributed by atoms with Crippen molar-refractivity contribution in [3.63, 3.8) is 0 Å². The van der Waals surface area contributed by atoms with Gasteiger partial charge >= 0.3 is 0 Å². The second-order valence-corrected chi connectivity index (χ2v) is 5.08. The fourth-order valence-electron chi connectivity index (χ4n) is 2.61. The molecule has 0 spiro atoms. The zero-order valence-corrected chi connectivity index (χ0v) is 10.4. The zero-order chi connectivity index (χ0) is 13.2. The first kappa shape index (κ1) is 12.2. The minimum absolute atomic E-state index is 0.298. The van der Waals surface area contributed by atoms with Crippen molar-refractivity contribution in [1.29, 1.82) is 0 Å². The molecule has 0 aromatic heterocycles. The van der Waals surface area contributed by atoms with Gasteiger partial charge < -0.3 is 5.32 Å². The average molecular weight is 259 g/mol. The standard InChI is InChI=1S/C16H15F2N/c17-13-8-14(18)10-16(9-13)19-15-6-12(7-15)11-4-2-1-3-5-11/h1-5,8-10,12,15,19H,6-7H2. The Hall–Kier alpha value is -1.90. The van der Waals surface area contributed by atoms with Crippen molar-refractivity contribution >= 4 is 5.69 Å². The van der Waals surface area contributed by atoms with Gasteiger partial charge in [-0.3, -0.25) is 0 Å². The maximum Gasteiger partial charge on any atom is 0.128 e. The van der Waals surface area contributed by atoms with E-state index in [2.05, 4.69) is 17.4 Å². The molecule has 98 valence electrons. The molecule has 0 heterocycles. The Morgan fingerprint density at radius 3 is 2.16 bits per heavy atom. The molecule has 0 aliphatic heterocycles. The summed E-state index contributed by atoms with van der Waals surface area (Å²) in [5.41, 5.74) is 1.86. The summed E-state index contributed by atoms with van der Waals surface area (Å²) >= 11 is 0. The van der Waals surface area contributed by atoms with E-state index < -0.39 is 11.6 Å². The number of nitrogens with one attached hydrogen (secondary N) is 1. The topological polar surface area (TPSA) is 12.0 Å². The average Bonchev–Trinajstić information content (AvgIpc) is 2.33. The predicted molar refractivity (Wildman–Crippen MR) is 72.2 cm³/mol. The van der Waals surface area contributed by atoms with Crippen molar-refractivity contribution < 1.29 is 8.78 Å². The summed E-state index contributed by atoms with van der Waals surface area (Å²) in [6, 6.07) is 14.2. The van der Waals surface area contributed by atoms with Gasteiger partial charge in [0, 0.05) is 17.8 Å². The van der Waals surface area contributed by atoms with Crippen LogP contribution >= 0.6 is 0 Å². The molecule has 2 aromatic carbocycles. The maximum atomic E-state index is 13.1. The molecule has 1 aliphatic carbocycles. The molecule has 2 aromatic rings. The van der Waals surface area contributed by atoms with Crippen LogP contribution in [0.2, 0.25) is 0 Å². The Morgan fingerprint density at radius 2 is 1.53 bits per heavy atom. The molecular weight excluding hydrogens is 244 g/mol. The van der Waals surface area contributed by atoms with E-state index in [0.717, 1.165) is 18.9 Å². The van der Waals surface area contributed by atoms with E-state index in [1.54, 1.807) is 0 Å². The van der Waals surface area contributed by atoms with Crippen LogP contribution < -0.4 is 5.32 Å². The number of rotatable bonds is 3. The van der Waals surface area contributed by atoms with Gasteiger partial charge in [0.05, 0.1) is 0 Å². The van der Waals surface area contributed by atoms with Gasteiger partial charge in [0.2, 0.25) is 0 Å². The molecule has 1 nitrogen and oxygen atoms in total. The predicted octanol–water partition coefficient (Wildman–Crippen LogP) is 4.32. The Bertz CT molecular complexity index is 542. The Kier molecular flexibility index (Phi) is 3.20. The largest absolute Gasteiger partial charge is 0.382 e. The molecular formula is C16H15F2N. The van der Waals surface area contributed by atoms with Gasteiger partial charge in [0.1, 0.15) is 11.6 Å². The van der Waals surface area contributed by atoms with Crippen molar-refractivity contribution in [1.82, 2.24) is 0 Å². The first-order valence-electron chi connectivity index (χ1n) is 6.48. The van der Waals surface area contributed by atoms with Crippen LogP contribution in [0.15, 0.2) is 48.5 Å². The molecule has 0 saturated heterocycles. The molecule has 19 heavy (non-hydrogen) atoms. The summed E-state index contributed by atoms with van der Waals surface area (Å²) in [6.07, 6.45) is 2.00. The number of halogens is 2. The van der Waals surface area contributed by atoms with E-state index in [1.165, 1.54) is 17.7 Å². The lowest BCUT2D eigenvalue weighted by atomic mass is 9.76. The molecule has 0 atom stereocenters. The lowest BCUT2D eigenvalue weighted by Crippen LogP contribution is -2.34. The Balaban J connectivity index is 1.59. The van der Waals surface area contributed by atoms with Crippen molar-refractivity contribution in [2.45, 2.75) is 24.8 Å². The van der Waals surface area contributed by atoms with Gasteiger partial charge in [0.25, 0.3) is 0 Å². The highest BCUT2D eigenvalue weighted by atomic mass is 19.1. The molecule has 1 aliphatic rings. The van der Waals surface area contributed by atoms with Crippen LogP contribution in [-0.4, -0.2) is 6.04 Å². The molecule has 0 radical (unpaired) electrons. The van der Waals surface area contributed by atoms with Crippen molar-refractivity contribution in [2.75, 3.05) is 5.32 Å². The number of hydrogen-bond acceptors (Lipinski definition) is 1. The van der Waals surface area contributed by atoms with Crippen LogP contribution in [0, 0.1) is 11.6 Å². The van der Waals surface area contributed by atoms with E-state index in [1.807, 2.05) is 18.2 Å². The van der Waals surface area contributed by atoms with E-state index >= 15 is 0 Å². The smallest absolute Gasteiger partial charge is 0.128 e. The normalized spacial score (nSPS) is 21.8. The van der Waals surface area contributed by atoms with Crippen LogP contribution in [-0.2, 0) is 0 Å². The first-order valence-corrected chi connectivity index (χ1v) is 6.48. The molecule has 0 amide bonds. The number of hydrogen-bond donors (Lipinski definition) is 1. The summed E-state index contributed by atoms with van der Waals surface area (Å²) in [5, 5.41) is 3.18. The summed E-state index contributed by atoms with van der Waals surface area (Å²) in [6.45, 7) is 0. The molecule has 3 heteroatoms. The lowest BCUT2D eigenvalue weighted by Gasteiger charge is -2.37. The summed E-state index contributed by atoms with van der Waals surface area (Å²) in [4.78, 5) is 0. The van der Waals surface area contributed by atoms with Crippen LogP contribution in [0.25, 0.3) is 0 Å². The quantitative estimate of drug-likeness (QED) is 0.865. The Labute approximate surface area is 111 Å². The number of benzene rings is 2. The highest BCUT2D eigenvalue weighted by Crippen LogP contribution is 2.38. The first-order chi connectivity index (χ1) is 9.20. The molecule has 1 fully saturated rings. The maximum absolute atomic E-state index is 13.1. The third kappa shape index (κ3) is 2.75. The van der Waals surface area contributed by atoms with E-state index in [4.69, 9.17) is 0 Å². The van der Waals surface area contributed by atoms with Gasteiger partial charge in [-0.25, -0.2) is 8.78 Å². The van der Waals surface area contributed by atoms with Crippen molar-refractivity contribution in [2.24, 2.45) is 0 Å². The van der Waals surface area contributed by atoms with Crippen molar-refractivity contribution in [3.8, 4) is 0 Å².